The average Bonchev–Trinajstić information content (AvgIpc) is 3.00. The highest BCUT2D eigenvalue weighted by Crippen LogP contribution is 2.24. The van der Waals surface area contributed by atoms with E-state index in [1.165, 1.54) is 6.07 Å². The first-order chi connectivity index (χ1) is 8.34. The molecule has 0 bridgehead atoms. The van der Waals surface area contributed by atoms with Gasteiger partial charge in [-0.1, -0.05) is 18.2 Å². The van der Waals surface area contributed by atoms with Crippen molar-refractivity contribution in [2.75, 3.05) is 13.1 Å². The molecule has 1 saturated heterocycles. The van der Waals surface area contributed by atoms with Crippen molar-refractivity contribution >= 4 is 0 Å². The first kappa shape index (κ1) is 10.5. The van der Waals surface area contributed by atoms with E-state index < -0.39 is 0 Å². The van der Waals surface area contributed by atoms with Crippen LogP contribution in [0.1, 0.15) is 12.5 Å². The van der Waals surface area contributed by atoms with Crippen LogP contribution >= 0.6 is 0 Å². The minimum Gasteiger partial charge on any atom is -0.315 e. The fourth-order valence-electron chi connectivity index (χ4n) is 2.24. The molecule has 0 amide bonds. The van der Waals surface area contributed by atoms with E-state index in [9.17, 15) is 4.39 Å². The Hall–Kier alpha value is -1.68. The largest absolute Gasteiger partial charge is 0.315 e. The number of aromatic nitrogens is 2. The maximum Gasteiger partial charge on any atom is 0.131 e. The lowest BCUT2D eigenvalue weighted by atomic mass is 10.1. The molecule has 88 valence electrons. The third-order valence-electron chi connectivity index (χ3n) is 3.19. The molecule has 1 aromatic carbocycles. The number of nitrogens with zero attached hydrogens (tertiary/aromatic N) is 2. The van der Waals surface area contributed by atoms with Gasteiger partial charge in [0.25, 0.3) is 0 Å². The quantitative estimate of drug-likeness (QED) is 0.859. The van der Waals surface area contributed by atoms with Crippen molar-refractivity contribution in [1.29, 1.82) is 0 Å². The van der Waals surface area contributed by atoms with Crippen molar-refractivity contribution in [3.05, 3.63) is 42.5 Å². The third-order valence-corrected chi connectivity index (χ3v) is 3.19. The molecule has 0 radical (unpaired) electrons. The van der Waals surface area contributed by atoms with E-state index in [1.54, 1.807) is 18.3 Å². The number of hydrogen-bond donors (Lipinski definition) is 1. The lowest BCUT2D eigenvalue weighted by Gasteiger charge is -2.07. The zero-order valence-corrected chi connectivity index (χ0v) is 9.44. The van der Waals surface area contributed by atoms with Crippen molar-refractivity contribution in [2.24, 2.45) is 0 Å². The Morgan fingerprint density at radius 2 is 2.24 bits per heavy atom. The zero-order valence-electron chi connectivity index (χ0n) is 9.44. The number of benzene rings is 1. The first-order valence-corrected chi connectivity index (χ1v) is 5.84. The summed E-state index contributed by atoms with van der Waals surface area (Å²) in [5.41, 5.74) is 1.46. The molecule has 0 saturated carbocycles. The Kier molecular flexibility index (Phi) is 2.65. The molecule has 1 aliphatic rings. The standard InChI is InChI=1S/C13H14FN3/c14-13-4-2-1-3-12(13)10-7-16-17(9-10)11-5-6-15-8-11/h1-4,7,9,11,15H,5-6,8H2. The van der Waals surface area contributed by atoms with Gasteiger partial charge in [-0.15, -0.1) is 0 Å². The lowest BCUT2D eigenvalue weighted by Crippen LogP contribution is -2.13. The maximum absolute atomic E-state index is 13.6. The van der Waals surface area contributed by atoms with Crippen LogP contribution in [-0.2, 0) is 0 Å². The SMILES string of the molecule is Fc1ccccc1-c1cnn(C2CCNC2)c1. The molecule has 0 spiro atoms. The molecule has 1 fully saturated rings. The Morgan fingerprint density at radius 1 is 1.35 bits per heavy atom. The van der Waals surface area contributed by atoms with E-state index in [0.29, 0.717) is 11.6 Å². The molecule has 17 heavy (non-hydrogen) atoms. The highest BCUT2D eigenvalue weighted by molar-refractivity contribution is 5.62. The highest BCUT2D eigenvalue weighted by atomic mass is 19.1. The number of halogens is 1. The molecule has 4 heteroatoms. The molecule has 2 aromatic rings. The van der Waals surface area contributed by atoms with Crippen LogP contribution in [0.25, 0.3) is 11.1 Å². The van der Waals surface area contributed by atoms with Gasteiger partial charge >= 0.3 is 0 Å². The van der Waals surface area contributed by atoms with E-state index in [2.05, 4.69) is 10.4 Å². The Balaban J connectivity index is 1.92. The van der Waals surface area contributed by atoms with Gasteiger partial charge in [0.05, 0.1) is 12.2 Å². The van der Waals surface area contributed by atoms with Gasteiger partial charge in [-0.3, -0.25) is 4.68 Å². The summed E-state index contributed by atoms with van der Waals surface area (Å²) in [5, 5.41) is 7.62. The van der Waals surface area contributed by atoms with Gasteiger partial charge in [-0.25, -0.2) is 4.39 Å². The van der Waals surface area contributed by atoms with Crippen molar-refractivity contribution < 1.29 is 4.39 Å². The van der Waals surface area contributed by atoms with Crippen LogP contribution in [-0.4, -0.2) is 22.9 Å². The van der Waals surface area contributed by atoms with Crippen LogP contribution in [0.2, 0.25) is 0 Å². The first-order valence-electron chi connectivity index (χ1n) is 5.84. The molecule has 1 aromatic heterocycles. The van der Waals surface area contributed by atoms with Crippen LogP contribution in [0.3, 0.4) is 0 Å². The van der Waals surface area contributed by atoms with Gasteiger partial charge in [-0.05, 0) is 19.0 Å². The minimum absolute atomic E-state index is 0.198. The van der Waals surface area contributed by atoms with Crippen molar-refractivity contribution in [3.63, 3.8) is 0 Å². The van der Waals surface area contributed by atoms with Gasteiger partial charge in [0.2, 0.25) is 0 Å². The summed E-state index contributed by atoms with van der Waals surface area (Å²) in [5.74, 6) is -0.198. The van der Waals surface area contributed by atoms with E-state index >= 15 is 0 Å². The van der Waals surface area contributed by atoms with Crippen molar-refractivity contribution in [2.45, 2.75) is 12.5 Å². The maximum atomic E-state index is 13.6. The molecule has 1 unspecified atom stereocenters. The summed E-state index contributed by atoms with van der Waals surface area (Å²) in [6.45, 7) is 1.97. The number of hydrogen-bond acceptors (Lipinski definition) is 2. The molecular formula is C13H14FN3. The van der Waals surface area contributed by atoms with Crippen LogP contribution < -0.4 is 5.32 Å². The summed E-state index contributed by atoms with van der Waals surface area (Å²) < 4.78 is 15.5. The normalized spacial score (nSPS) is 19.7. The molecule has 0 aliphatic carbocycles. The van der Waals surface area contributed by atoms with Gasteiger partial charge in [0, 0.05) is 23.9 Å². The smallest absolute Gasteiger partial charge is 0.131 e. The second-order valence-electron chi connectivity index (χ2n) is 4.34. The van der Waals surface area contributed by atoms with Crippen LogP contribution in [0.5, 0.6) is 0 Å². The van der Waals surface area contributed by atoms with E-state index in [4.69, 9.17) is 0 Å². The number of nitrogens with one attached hydrogen (secondary N) is 1. The predicted molar refractivity (Wildman–Crippen MR) is 64.1 cm³/mol. The summed E-state index contributed by atoms with van der Waals surface area (Å²) in [6.07, 6.45) is 4.74. The molecule has 2 heterocycles. The van der Waals surface area contributed by atoms with Crippen molar-refractivity contribution in [3.8, 4) is 11.1 Å². The molecule has 1 atom stereocenters. The topological polar surface area (TPSA) is 29.9 Å². The van der Waals surface area contributed by atoms with Gasteiger partial charge in [-0.2, -0.15) is 5.10 Å². The molecule has 1 aliphatic heterocycles. The summed E-state index contributed by atoms with van der Waals surface area (Å²) >= 11 is 0. The van der Waals surface area contributed by atoms with E-state index in [1.807, 2.05) is 16.9 Å². The second kappa shape index (κ2) is 4.30. The van der Waals surface area contributed by atoms with Gasteiger partial charge in [0.1, 0.15) is 5.82 Å². The van der Waals surface area contributed by atoms with Gasteiger partial charge < -0.3 is 5.32 Å². The molecule has 3 nitrogen and oxygen atoms in total. The lowest BCUT2D eigenvalue weighted by molar-refractivity contribution is 0.491. The van der Waals surface area contributed by atoms with Crippen LogP contribution in [0.15, 0.2) is 36.7 Å². The monoisotopic (exact) mass is 231 g/mol. The predicted octanol–water partition coefficient (Wildman–Crippen LogP) is 2.22. The van der Waals surface area contributed by atoms with Gasteiger partial charge in [0.15, 0.2) is 0 Å². The second-order valence-corrected chi connectivity index (χ2v) is 4.34. The average molecular weight is 231 g/mol. The molecular weight excluding hydrogens is 217 g/mol. The summed E-state index contributed by atoms with van der Waals surface area (Å²) in [7, 11) is 0. The van der Waals surface area contributed by atoms with E-state index in [0.717, 1.165) is 25.1 Å². The summed E-state index contributed by atoms with van der Waals surface area (Å²) in [4.78, 5) is 0. The summed E-state index contributed by atoms with van der Waals surface area (Å²) in [6, 6.07) is 7.19. The third kappa shape index (κ3) is 1.96. The number of rotatable bonds is 2. The van der Waals surface area contributed by atoms with Crippen LogP contribution in [0.4, 0.5) is 4.39 Å². The fourth-order valence-corrected chi connectivity index (χ4v) is 2.24. The molecule has 3 rings (SSSR count). The Morgan fingerprint density at radius 3 is 3.00 bits per heavy atom. The zero-order chi connectivity index (χ0) is 11.7. The highest BCUT2D eigenvalue weighted by Gasteiger charge is 2.17. The Labute approximate surface area is 99.3 Å². The minimum atomic E-state index is -0.198. The Bertz CT molecular complexity index is 515. The van der Waals surface area contributed by atoms with Crippen molar-refractivity contribution in [1.82, 2.24) is 15.1 Å². The van der Waals surface area contributed by atoms with Crippen LogP contribution in [0, 0.1) is 5.82 Å². The fraction of sp³-hybridized carbons (Fsp3) is 0.308. The molecule has 1 N–H and O–H groups in total. The van der Waals surface area contributed by atoms with E-state index in [-0.39, 0.29) is 5.82 Å².